The van der Waals surface area contributed by atoms with Gasteiger partial charge in [0.25, 0.3) is 5.91 Å². The van der Waals surface area contributed by atoms with Crippen molar-refractivity contribution in [3.8, 4) is 5.75 Å². The van der Waals surface area contributed by atoms with Gasteiger partial charge in [0.1, 0.15) is 17.4 Å². The Kier molecular flexibility index (Phi) is 8.41. The molecule has 0 aliphatic rings. The lowest BCUT2D eigenvalue weighted by Gasteiger charge is -2.10. The van der Waals surface area contributed by atoms with Gasteiger partial charge in [-0.3, -0.25) is 4.79 Å². The molecule has 0 bridgehead atoms. The molecule has 1 heterocycles. The fourth-order valence-corrected chi connectivity index (χ4v) is 4.91. The molecular formula is C29H26ClNO4S. The van der Waals surface area contributed by atoms with Gasteiger partial charge in [0.05, 0.1) is 12.2 Å². The van der Waals surface area contributed by atoms with Crippen LogP contribution in [-0.4, -0.2) is 18.5 Å². The lowest BCUT2D eigenvalue weighted by Crippen LogP contribution is -2.14. The Bertz CT molecular complexity index is 1340. The Morgan fingerprint density at radius 1 is 0.972 bits per heavy atom. The van der Waals surface area contributed by atoms with E-state index in [1.807, 2.05) is 42.5 Å². The van der Waals surface area contributed by atoms with Gasteiger partial charge in [-0.1, -0.05) is 61.0 Å². The van der Waals surface area contributed by atoms with Gasteiger partial charge in [-0.05, 0) is 60.5 Å². The molecule has 4 rings (SSSR count). The van der Waals surface area contributed by atoms with E-state index in [2.05, 4.69) is 12.2 Å². The number of carbonyl (C=O) groups excluding carboxylic acids is 2. The molecule has 1 aromatic heterocycles. The first-order chi connectivity index (χ1) is 17.4. The lowest BCUT2D eigenvalue weighted by molar-refractivity contribution is 0.0528. The van der Waals surface area contributed by atoms with Crippen molar-refractivity contribution in [2.75, 3.05) is 11.9 Å². The Morgan fingerprint density at radius 3 is 2.44 bits per heavy atom. The molecule has 0 unspecified atom stereocenters. The Hall–Kier alpha value is -3.61. The van der Waals surface area contributed by atoms with Crippen LogP contribution in [0.3, 0.4) is 0 Å². The predicted molar refractivity (Wildman–Crippen MR) is 144 cm³/mol. The first-order valence-corrected chi connectivity index (χ1v) is 12.8. The highest BCUT2D eigenvalue weighted by molar-refractivity contribution is 7.16. The largest absolute Gasteiger partial charge is 0.489 e. The average Bonchev–Trinajstić information content (AvgIpc) is 3.32. The summed E-state index contributed by atoms with van der Waals surface area (Å²) in [7, 11) is 0. The van der Waals surface area contributed by atoms with Crippen molar-refractivity contribution in [1.82, 2.24) is 0 Å². The van der Waals surface area contributed by atoms with Crippen LogP contribution in [-0.2, 0) is 11.3 Å². The summed E-state index contributed by atoms with van der Waals surface area (Å²) in [6.07, 6.45) is 0. The van der Waals surface area contributed by atoms with Crippen LogP contribution in [0.4, 0.5) is 5.00 Å². The standard InChI is InChI=1S/C29H26ClNO4S/c1-3-34-29(33)25-17-26(19(2)21-9-5-4-6-10-21)36-28(25)31-27(32)22-11-7-8-20(16-22)18-35-24-14-12-23(30)13-15-24/h4-17,19H,3,18H2,1-2H3,(H,31,32)/t19-/m1/s1. The summed E-state index contributed by atoms with van der Waals surface area (Å²) in [6.45, 7) is 4.38. The van der Waals surface area contributed by atoms with E-state index < -0.39 is 5.97 Å². The zero-order valence-electron chi connectivity index (χ0n) is 20.0. The van der Waals surface area contributed by atoms with Gasteiger partial charge in [0.15, 0.2) is 0 Å². The maximum Gasteiger partial charge on any atom is 0.341 e. The topological polar surface area (TPSA) is 64.6 Å². The number of hydrogen-bond donors (Lipinski definition) is 1. The minimum Gasteiger partial charge on any atom is -0.489 e. The van der Waals surface area contributed by atoms with Crippen LogP contribution in [0.5, 0.6) is 5.75 Å². The highest BCUT2D eigenvalue weighted by atomic mass is 35.5. The number of esters is 1. The third-order valence-corrected chi connectivity index (χ3v) is 7.09. The summed E-state index contributed by atoms with van der Waals surface area (Å²) in [6, 6.07) is 26.1. The molecule has 36 heavy (non-hydrogen) atoms. The van der Waals surface area contributed by atoms with E-state index in [0.717, 1.165) is 16.0 Å². The van der Waals surface area contributed by atoms with Crippen LogP contribution in [0.2, 0.25) is 5.02 Å². The summed E-state index contributed by atoms with van der Waals surface area (Å²) in [4.78, 5) is 26.8. The molecule has 1 N–H and O–H groups in total. The van der Waals surface area contributed by atoms with Gasteiger partial charge in [-0.2, -0.15) is 0 Å². The number of ether oxygens (including phenoxy) is 2. The van der Waals surface area contributed by atoms with Crippen molar-refractivity contribution < 1.29 is 19.1 Å². The summed E-state index contributed by atoms with van der Waals surface area (Å²) < 4.78 is 11.0. The second kappa shape index (κ2) is 11.9. The molecule has 0 saturated carbocycles. The van der Waals surface area contributed by atoms with E-state index in [9.17, 15) is 9.59 Å². The fraction of sp³-hybridized carbons (Fsp3) is 0.172. The van der Waals surface area contributed by atoms with Crippen LogP contribution in [0.1, 0.15) is 56.5 Å². The number of amides is 1. The highest BCUT2D eigenvalue weighted by Crippen LogP contribution is 2.36. The quantitative estimate of drug-likeness (QED) is 0.232. The number of rotatable bonds is 9. The molecule has 1 atom stereocenters. The Balaban J connectivity index is 1.52. The number of hydrogen-bond acceptors (Lipinski definition) is 5. The van der Waals surface area contributed by atoms with Gasteiger partial charge >= 0.3 is 5.97 Å². The molecule has 184 valence electrons. The Morgan fingerprint density at radius 2 is 1.72 bits per heavy atom. The van der Waals surface area contributed by atoms with E-state index >= 15 is 0 Å². The first kappa shape index (κ1) is 25.5. The smallest absolute Gasteiger partial charge is 0.341 e. The summed E-state index contributed by atoms with van der Waals surface area (Å²) in [5, 5.41) is 4.03. The van der Waals surface area contributed by atoms with E-state index in [4.69, 9.17) is 21.1 Å². The van der Waals surface area contributed by atoms with Crippen LogP contribution >= 0.6 is 22.9 Å². The van der Waals surface area contributed by atoms with Crippen molar-refractivity contribution in [3.63, 3.8) is 0 Å². The van der Waals surface area contributed by atoms with E-state index in [-0.39, 0.29) is 18.4 Å². The maximum absolute atomic E-state index is 13.1. The second-order valence-corrected chi connectivity index (χ2v) is 9.66. The number of nitrogens with one attached hydrogen (secondary N) is 1. The third kappa shape index (κ3) is 6.33. The van der Waals surface area contributed by atoms with Gasteiger partial charge in [0.2, 0.25) is 0 Å². The monoisotopic (exact) mass is 519 g/mol. The summed E-state index contributed by atoms with van der Waals surface area (Å²) in [5.74, 6) is -0.0225. The van der Waals surface area contributed by atoms with Crippen LogP contribution < -0.4 is 10.1 Å². The zero-order chi connectivity index (χ0) is 25.5. The van der Waals surface area contributed by atoms with E-state index in [0.29, 0.717) is 33.5 Å². The van der Waals surface area contributed by atoms with Crippen LogP contribution in [0, 0.1) is 0 Å². The van der Waals surface area contributed by atoms with Gasteiger partial charge in [-0.15, -0.1) is 11.3 Å². The van der Waals surface area contributed by atoms with Crippen molar-refractivity contribution in [2.24, 2.45) is 0 Å². The second-order valence-electron chi connectivity index (χ2n) is 8.14. The number of anilines is 1. The molecule has 3 aromatic carbocycles. The SMILES string of the molecule is CCOC(=O)c1cc([C@H](C)c2ccccc2)sc1NC(=O)c1cccc(COc2ccc(Cl)cc2)c1. The number of carbonyl (C=O) groups is 2. The number of benzene rings is 3. The van der Waals surface area contributed by atoms with Crippen molar-refractivity contribution in [2.45, 2.75) is 26.4 Å². The van der Waals surface area contributed by atoms with Gasteiger partial charge in [0, 0.05) is 21.4 Å². The zero-order valence-corrected chi connectivity index (χ0v) is 21.6. The highest BCUT2D eigenvalue weighted by Gasteiger charge is 2.22. The minimum atomic E-state index is -0.458. The average molecular weight is 520 g/mol. The lowest BCUT2D eigenvalue weighted by atomic mass is 9.99. The fourth-order valence-electron chi connectivity index (χ4n) is 3.66. The van der Waals surface area contributed by atoms with Gasteiger partial charge < -0.3 is 14.8 Å². The molecule has 0 spiro atoms. The van der Waals surface area contributed by atoms with E-state index in [1.54, 1.807) is 49.4 Å². The molecule has 5 nitrogen and oxygen atoms in total. The minimum absolute atomic E-state index is 0.0587. The molecule has 0 radical (unpaired) electrons. The first-order valence-electron chi connectivity index (χ1n) is 11.6. The molecule has 0 saturated heterocycles. The molecule has 0 aliphatic heterocycles. The van der Waals surface area contributed by atoms with Crippen LogP contribution in [0.25, 0.3) is 0 Å². The molecule has 0 fully saturated rings. The Labute approximate surface area is 219 Å². The third-order valence-electron chi connectivity index (χ3n) is 5.61. The molecular weight excluding hydrogens is 494 g/mol. The molecule has 0 aliphatic carbocycles. The maximum atomic E-state index is 13.1. The normalized spacial score (nSPS) is 11.5. The van der Waals surface area contributed by atoms with E-state index in [1.165, 1.54) is 11.3 Å². The number of thiophene rings is 1. The van der Waals surface area contributed by atoms with Gasteiger partial charge in [-0.25, -0.2) is 4.79 Å². The van der Waals surface area contributed by atoms with Crippen LogP contribution in [0.15, 0.2) is 84.9 Å². The molecule has 1 amide bonds. The predicted octanol–water partition coefficient (Wildman–Crippen LogP) is 7.56. The molecule has 7 heteroatoms. The van der Waals surface area contributed by atoms with Crippen molar-refractivity contribution >= 4 is 39.8 Å². The number of halogens is 1. The summed E-state index contributed by atoms with van der Waals surface area (Å²) in [5.41, 5.74) is 2.79. The molecule has 4 aromatic rings. The van der Waals surface area contributed by atoms with Crippen molar-refractivity contribution in [3.05, 3.63) is 117 Å². The summed E-state index contributed by atoms with van der Waals surface area (Å²) >= 11 is 7.31. The van der Waals surface area contributed by atoms with Crippen molar-refractivity contribution in [1.29, 1.82) is 0 Å².